The van der Waals surface area contributed by atoms with Gasteiger partial charge in [0.15, 0.2) is 18.1 Å². The van der Waals surface area contributed by atoms with E-state index >= 15 is 0 Å². The van der Waals surface area contributed by atoms with Crippen molar-refractivity contribution in [2.45, 2.75) is 80.5 Å². The number of thioether (sulfide) groups is 1. The van der Waals surface area contributed by atoms with Crippen LogP contribution < -0.4 is 25.0 Å². The number of aromatic nitrogens is 6. The quantitative estimate of drug-likeness (QED) is 0.0505. The van der Waals surface area contributed by atoms with Gasteiger partial charge in [-0.15, -0.1) is 5.10 Å². The van der Waals surface area contributed by atoms with E-state index in [-0.39, 0.29) is 52.8 Å². The Labute approximate surface area is 538 Å². The SMILES string of the molecule is CCCc1nc(CS(=O)c2ccc(Oc3ccc(NC(=O)COc4ccc(CC5SC(=O)NC5=O)cc4)c(N(C)C(=O)OC(C)(C)C)c3)cc2)c(C(=O)O)n1Cc1ccc(-c2ccccc2-c2nnnn2C(c2ccccc2)(c2ccccc2)c2ccccc2)cc1. The minimum atomic E-state index is -1.74. The van der Waals surface area contributed by atoms with Gasteiger partial charge in [-0.1, -0.05) is 170 Å². The van der Waals surface area contributed by atoms with Crippen molar-refractivity contribution in [3.05, 3.63) is 251 Å². The lowest BCUT2D eigenvalue weighted by atomic mass is 9.77. The van der Waals surface area contributed by atoms with Gasteiger partial charge in [-0.25, -0.2) is 19.3 Å². The summed E-state index contributed by atoms with van der Waals surface area (Å²) in [4.78, 5) is 70.1. The van der Waals surface area contributed by atoms with Gasteiger partial charge >= 0.3 is 12.1 Å². The Hall–Kier alpha value is -10.5. The van der Waals surface area contributed by atoms with E-state index in [2.05, 4.69) is 52.2 Å². The highest BCUT2D eigenvalue weighted by atomic mass is 32.2. The van der Waals surface area contributed by atoms with Crippen molar-refractivity contribution in [3.63, 3.8) is 0 Å². The van der Waals surface area contributed by atoms with Gasteiger partial charge in [0.1, 0.15) is 34.2 Å². The maximum Gasteiger partial charge on any atom is 0.414 e. The molecule has 3 heterocycles. The van der Waals surface area contributed by atoms with Crippen molar-refractivity contribution < 1.29 is 47.5 Å². The molecule has 1 fully saturated rings. The van der Waals surface area contributed by atoms with Gasteiger partial charge in [0.2, 0.25) is 5.91 Å². The molecule has 92 heavy (non-hydrogen) atoms. The van der Waals surface area contributed by atoms with E-state index in [1.165, 1.54) is 11.9 Å². The molecule has 4 amide bonds. The fraction of sp³-hybridized carbons (Fsp3) is 0.197. The number of nitrogens with zero attached hydrogens (tertiary/aromatic N) is 7. The zero-order chi connectivity index (χ0) is 64.5. The number of ether oxygens (including phenoxy) is 3. The predicted molar refractivity (Wildman–Crippen MR) is 352 cm³/mol. The van der Waals surface area contributed by atoms with Crippen molar-refractivity contribution in [2.24, 2.45) is 0 Å². The molecule has 2 unspecified atom stereocenters. The third kappa shape index (κ3) is 14.1. The summed E-state index contributed by atoms with van der Waals surface area (Å²) < 4.78 is 35.5. The van der Waals surface area contributed by atoms with Crippen LogP contribution in [0, 0.1) is 0 Å². The smallest absolute Gasteiger partial charge is 0.414 e. The number of anilines is 2. The first-order valence-corrected chi connectivity index (χ1v) is 31.9. The first-order chi connectivity index (χ1) is 44.4. The molecule has 1 aliphatic rings. The van der Waals surface area contributed by atoms with Gasteiger partial charge in [-0.3, -0.25) is 28.8 Å². The second kappa shape index (κ2) is 27.7. The first-order valence-electron chi connectivity index (χ1n) is 29.7. The summed E-state index contributed by atoms with van der Waals surface area (Å²) in [5.74, 6) is -0.0513. The molecule has 2 aromatic heterocycles. The summed E-state index contributed by atoms with van der Waals surface area (Å²) in [6.07, 6.45) is 0.833. The molecule has 1 aliphatic heterocycles. The number of amides is 4. The van der Waals surface area contributed by atoms with Crippen molar-refractivity contribution in [1.29, 1.82) is 0 Å². The van der Waals surface area contributed by atoms with Crippen molar-refractivity contribution in [3.8, 4) is 39.8 Å². The minimum absolute atomic E-state index is 0.0420. The molecule has 11 rings (SSSR count). The fourth-order valence-electron chi connectivity index (χ4n) is 11.1. The molecule has 3 N–H and O–H groups in total. The maximum absolute atomic E-state index is 14.2. The molecular formula is C71H65N9O10S2. The molecule has 466 valence electrons. The number of imide groups is 1. The molecule has 10 aromatic rings. The lowest BCUT2D eigenvalue weighted by Crippen LogP contribution is -2.39. The lowest BCUT2D eigenvalue weighted by molar-refractivity contribution is -0.119. The second-order valence-electron chi connectivity index (χ2n) is 22.8. The van der Waals surface area contributed by atoms with Crippen molar-refractivity contribution in [1.82, 2.24) is 35.1 Å². The number of carboxylic acids is 1. The standard InChI is InChI=1S/C71H65N9O10S2/c1-6-18-62-72-59(45-92(87)55-38-35-53(36-39-55)89-54-37-40-58(60(42-54)78(5)69(86)90-70(2,3)4)73-63(81)44-88-52-33-29-46(30-34-52)41-61-66(82)74-68(85)91-61)64(67(83)84)79(62)43-47-27-31-48(32-28-47)56-25-16-17-26-57(56)65-75-76-77-80(65)71(49-19-10-7-11-20-49,50-21-12-8-13-22-50)51-23-14-9-15-24-51/h7-17,19-40,42,61H,6,18,41,43-45H2,1-5H3,(H,73,81)(H,83,84)(H,74,82,85). The highest BCUT2D eigenvalue weighted by Gasteiger charge is 2.42. The van der Waals surface area contributed by atoms with Crippen molar-refractivity contribution >= 4 is 63.1 Å². The molecule has 1 saturated heterocycles. The van der Waals surface area contributed by atoms with Crippen LogP contribution in [0.15, 0.2) is 211 Å². The van der Waals surface area contributed by atoms with E-state index in [1.807, 2.05) is 115 Å². The van der Waals surface area contributed by atoms with Crippen LogP contribution in [-0.2, 0) is 55.8 Å². The number of aryl methyl sites for hydroxylation is 1. The summed E-state index contributed by atoms with van der Waals surface area (Å²) in [5, 5.41) is 28.9. The summed E-state index contributed by atoms with van der Waals surface area (Å²) in [7, 11) is -0.235. The van der Waals surface area contributed by atoms with Gasteiger partial charge in [-0.05, 0) is 132 Å². The Kier molecular flexibility index (Phi) is 19.0. The molecule has 0 radical (unpaired) electrons. The Morgan fingerprint density at radius 2 is 1.32 bits per heavy atom. The Morgan fingerprint density at radius 1 is 0.728 bits per heavy atom. The van der Waals surface area contributed by atoms with Crippen LogP contribution in [0.5, 0.6) is 17.2 Å². The topological polar surface area (TPSA) is 239 Å². The lowest BCUT2D eigenvalue weighted by Gasteiger charge is -2.36. The Bertz CT molecular complexity index is 4240. The number of benzene rings is 8. The van der Waals surface area contributed by atoms with E-state index in [4.69, 9.17) is 29.5 Å². The molecule has 0 bridgehead atoms. The zero-order valence-corrected chi connectivity index (χ0v) is 52.7. The minimum Gasteiger partial charge on any atom is -0.484 e. The number of aromatic carboxylic acids is 1. The fourth-order valence-corrected chi connectivity index (χ4v) is 13.0. The van der Waals surface area contributed by atoms with Crippen LogP contribution in [0.3, 0.4) is 0 Å². The summed E-state index contributed by atoms with van der Waals surface area (Å²) in [5.41, 5.74) is 6.01. The maximum atomic E-state index is 14.2. The predicted octanol–water partition coefficient (Wildman–Crippen LogP) is 13.1. The molecule has 8 aromatic carbocycles. The number of nitrogens with one attached hydrogen (secondary N) is 2. The molecule has 2 atom stereocenters. The number of hydrogen-bond donors (Lipinski definition) is 3. The van der Waals surface area contributed by atoms with Crippen LogP contribution in [0.25, 0.3) is 22.5 Å². The van der Waals surface area contributed by atoms with E-state index < -0.39 is 45.2 Å². The van der Waals surface area contributed by atoms with E-state index in [9.17, 15) is 33.3 Å². The molecule has 19 nitrogen and oxygen atoms in total. The van der Waals surface area contributed by atoms with Gasteiger partial charge in [0.25, 0.3) is 11.1 Å². The van der Waals surface area contributed by atoms with Gasteiger partial charge in [-0.2, -0.15) is 0 Å². The molecular weight excluding hydrogens is 1200 g/mol. The highest BCUT2D eigenvalue weighted by Crippen LogP contribution is 2.44. The summed E-state index contributed by atoms with van der Waals surface area (Å²) in [6, 6.07) is 64.8. The monoisotopic (exact) mass is 1270 g/mol. The molecule has 0 saturated carbocycles. The number of carbonyl (C=O) groups excluding carboxylic acids is 4. The summed E-state index contributed by atoms with van der Waals surface area (Å²) in [6.45, 7) is 7.02. The number of carboxylic acid groups (broad SMARTS) is 1. The van der Waals surface area contributed by atoms with Crippen LogP contribution in [-0.4, -0.2) is 92.7 Å². The number of rotatable bonds is 23. The summed E-state index contributed by atoms with van der Waals surface area (Å²) >= 11 is 0.946. The van der Waals surface area contributed by atoms with Crippen LogP contribution in [0.2, 0.25) is 0 Å². The molecule has 21 heteroatoms. The van der Waals surface area contributed by atoms with Gasteiger partial charge in [0, 0.05) is 36.5 Å². The number of hydrogen-bond acceptors (Lipinski definition) is 14. The normalized spacial score (nSPS) is 13.5. The third-order valence-corrected chi connectivity index (χ3v) is 17.6. The zero-order valence-electron chi connectivity index (χ0n) is 51.0. The number of carbonyl (C=O) groups is 5. The van der Waals surface area contributed by atoms with Crippen LogP contribution in [0.1, 0.15) is 83.9 Å². The van der Waals surface area contributed by atoms with Gasteiger partial charge < -0.3 is 29.2 Å². The average molecular weight is 1270 g/mol. The highest BCUT2D eigenvalue weighted by molar-refractivity contribution is 8.15. The average Bonchev–Trinajstić information content (AvgIpc) is 1.21. The number of imidazole rings is 1. The third-order valence-electron chi connectivity index (χ3n) is 15.3. The molecule has 0 aliphatic carbocycles. The van der Waals surface area contributed by atoms with Crippen molar-refractivity contribution in [2.75, 3.05) is 23.9 Å². The van der Waals surface area contributed by atoms with Gasteiger partial charge in [0.05, 0.1) is 38.9 Å². The Morgan fingerprint density at radius 3 is 1.90 bits per heavy atom. The van der Waals surface area contributed by atoms with E-state index in [0.29, 0.717) is 53.1 Å². The first kappa shape index (κ1) is 63.1. The van der Waals surface area contributed by atoms with E-state index in [1.54, 1.807) is 92.1 Å². The largest absolute Gasteiger partial charge is 0.484 e. The molecule has 0 spiro atoms. The van der Waals surface area contributed by atoms with Crippen LogP contribution in [0.4, 0.5) is 21.0 Å². The van der Waals surface area contributed by atoms with E-state index in [0.717, 1.165) is 56.3 Å². The second-order valence-corrected chi connectivity index (χ2v) is 25.4. The number of tetrazole rings is 1. The van der Waals surface area contributed by atoms with Crippen LogP contribution >= 0.6 is 11.8 Å². The Balaban J connectivity index is 0.789.